The summed E-state index contributed by atoms with van der Waals surface area (Å²) >= 11 is 0. The topological polar surface area (TPSA) is 56.7 Å². The summed E-state index contributed by atoms with van der Waals surface area (Å²) in [6.45, 7) is 7.53. The Kier molecular flexibility index (Phi) is 13.4. The van der Waals surface area contributed by atoms with Crippen LogP contribution >= 0.6 is 24.0 Å². The van der Waals surface area contributed by atoms with Crippen LogP contribution < -0.4 is 10.6 Å². The Morgan fingerprint density at radius 2 is 1.96 bits per heavy atom. The average Bonchev–Trinajstić information content (AvgIpc) is 2.59. The minimum absolute atomic E-state index is 0. The summed E-state index contributed by atoms with van der Waals surface area (Å²) in [5, 5.41) is 6.29. The first-order valence-corrected chi connectivity index (χ1v) is 9.30. The number of nitrogens with zero attached hydrogens (tertiary/aromatic N) is 2. The number of unbranched alkanes of at least 4 members (excludes halogenated alkanes) is 1. The molecule has 1 heterocycles. The second-order valence-electron chi connectivity index (χ2n) is 6.65. The van der Waals surface area contributed by atoms with Crippen LogP contribution in [0, 0.1) is 11.8 Å². The lowest BCUT2D eigenvalue weighted by molar-refractivity contribution is -0.121. The van der Waals surface area contributed by atoms with Crippen molar-refractivity contribution < 1.29 is 4.79 Å². The molecular weight excluding hydrogens is 415 g/mol. The van der Waals surface area contributed by atoms with E-state index in [9.17, 15) is 4.79 Å². The quantitative estimate of drug-likeness (QED) is 0.338. The van der Waals surface area contributed by atoms with Gasteiger partial charge < -0.3 is 15.5 Å². The van der Waals surface area contributed by atoms with E-state index in [1.807, 2.05) is 7.05 Å². The lowest BCUT2D eigenvalue weighted by atomic mass is 9.93. The monoisotopic (exact) mass is 452 g/mol. The van der Waals surface area contributed by atoms with Gasteiger partial charge in [0.25, 0.3) is 0 Å². The average molecular weight is 452 g/mol. The summed E-state index contributed by atoms with van der Waals surface area (Å²) in [5.74, 6) is 2.43. The Bertz CT molecular complexity index is 368. The second-order valence-corrected chi connectivity index (χ2v) is 6.65. The number of aliphatic imine (C=N–C) groups is 1. The fraction of sp³-hybridized carbons (Fsp3) is 0.889. The van der Waals surface area contributed by atoms with Crippen LogP contribution in [0.5, 0.6) is 0 Å². The largest absolute Gasteiger partial charge is 0.359 e. The van der Waals surface area contributed by atoms with Gasteiger partial charge in [-0.05, 0) is 31.1 Å². The van der Waals surface area contributed by atoms with Crippen molar-refractivity contribution in [2.45, 2.75) is 58.8 Å². The summed E-state index contributed by atoms with van der Waals surface area (Å²) in [4.78, 5) is 18.3. The fourth-order valence-electron chi connectivity index (χ4n) is 3.22. The van der Waals surface area contributed by atoms with Gasteiger partial charge >= 0.3 is 0 Å². The van der Waals surface area contributed by atoms with Gasteiger partial charge in [-0.3, -0.25) is 9.79 Å². The molecule has 5 nitrogen and oxygen atoms in total. The maximum Gasteiger partial charge on any atom is 0.220 e. The molecule has 0 bridgehead atoms. The SMILES string of the molecule is CCCCC(CC)CNC(=NC)N1CCC(CC(=O)NC)CC1.I. The Balaban J connectivity index is 0.00000529. The highest BCUT2D eigenvalue weighted by Gasteiger charge is 2.23. The predicted molar refractivity (Wildman–Crippen MR) is 113 cm³/mol. The molecule has 2 N–H and O–H groups in total. The summed E-state index contributed by atoms with van der Waals surface area (Å²) in [6, 6.07) is 0. The van der Waals surface area contributed by atoms with E-state index in [1.165, 1.54) is 25.7 Å². The zero-order valence-corrected chi connectivity index (χ0v) is 18.3. The van der Waals surface area contributed by atoms with Crippen molar-refractivity contribution in [3.63, 3.8) is 0 Å². The van der Waals surface area contributed by atoms with Gasteiger partial charge in [0.15, 0.2) is 5.96 Å². The number of rotatable bonds is 8. The number of amides is 1. The van der Waals surface area contributed by atoms with Crippen molar-refractivity contribution in [1.29, 1.82) is 0 Å². The van der Waals surface area contributed by atoms with Crippen LogP contribution in [0.1, 0.15) is 58.8 Å². The number of nitrogens with one attached hydrogen (secondary N) is 2. The molecule has 1 aliphatic heterocycles. The molecule has 1 aliphatic rings. The molecule has 24 heavy (non-hydrogen) atoms. The molecular formula is C18H37IN4O. The van der Waals surface area contributed by atoms with Crippen LogP contribution in [0.4, 0.5) is 0 Å². The highest BCUT2D eigenvalue weighted by molar-refractivity contribution is 14.0. The molecule has 1 rings (SSSR count). The molecule has 142 valence electrons. The molecule has 0 saturated carbocycles. The highest BCUT2D eigenvalue weighted by atomic mass is 127. The maximum atomic E-state index is 11.5. The number of hydrogen-bond acceptors (Lipinski definition) is 2. The first kappa shape index (κ1) is 23.5. The molecule has 0 aromatic heterocycles. The number of hydrogen-bond donors (Lipinski definition) is 2. The van der Waals surface area contributed by atoms with E-state index < -0.39 is 0 Å². The minimum Gasteiger partial charge on any atom is -0.359 e. The highest BCUT2D eigenvalue weighted by Crippen LogP contribution is 2.20. The number of piperidine rings is 1. The number of guanidine groups is 1. The number of likely N-dealkylation sites (tertiary alicyclic amines) is 1. The molecule has 1 atom stereocenters. The Hall–Kier alpha value is -0.530. The van der Waals surface area contributed by atoms with Crippen LogP contribution in [0.3, 0.4) is 0 Å². The van der Waals surface area contributed by atoms with Gasteiger partial charge in [-0.1, -0.05) is 33.1 Å². The van der Waals surface area contributed by atoms with Crippen molar-refractivity contribution in [2.75, 3.05) is 33.7 Å². The third kappa shape index (κ3) is 8.53. The number of halogens is 1. The first-order chi connectivity index (χ1) is 11.1. The molecule has 1 fully saturated rings. The molecule has 6 heteroatoms. The summed E-state index contributed by atoms with van der Waals surface area (Å²) in [6.07, 6.45) is 7.89. The lowest BCUT2D eigenvalue weighted by Crippen LogP contribution is -2.47. The van der Waals surface area contributed by atoms with Crippen molar-refractivity contribution in [1.82, 2.24) is 15.5 Å². The van der Waals surface area contributed by atoms with Gasteiger partial charge in [0.05, 0.1) is 0 Å². The summed E-state index contributed by atoms with van der Waals surface area (Å²) in [5.41, 5.74) is 0. The van der Waals surface area contributed by atoms with Crippen molar-refractivity contribution in [3.05, 3.63) is 0 Å². The molecule has 0 radical (unpaired) electrons. The van der Waals surface area contributed by atoms with E-state index >= 15 is 0 Å². The van der Waals surface area contributed by atoms with Crippen LogP contribution in [-0.4, -0.2) is 50.5 Å². The molecule has 0 aliphatic carbocycles. The van der Waals surface area contributed by atoms with Crippen molar-refractivity contribution in [2.24, 2.45) is 16.8 Å². The number of carbonyl (C=O) groups excluding carboxylic acids is 1. The first-order valence-electron chi connectivity index (χ1n) is 9.30. The standard InChI is InChI=1S/C18H36N4O.HI/c1-5-7-8-15(6-2)14-21-18(20-4)22-11-9-16(10-12-22)13-17(23)19-3;/h15-16H,5-14H2,1-4H3,(H,19,23)(H,20,21);1H. The van der Waals surface area contributed by atoms with Gasteiger partial charge in [0.2, 0.25) is 5.91 Å². The van der Waals surface area contributed by atoms with Crippen molar-refractivity contribution >= 4 is 35.8 Å². The van der Waals surface area contributed by atoms with Gasteiger partial charge in [-0.2, -0.15) is 0 Å². The van der Waals surface area contributed by atoms with Crippen molar-refractivity contribution in [3.8, 4) is 0 Å². The number of carbonyl (C=O) groups is 1. The Morgan fingerprint density at radius 1 is 1.29 bits per heavy atom. The summed E-state index contributed by atoms with van der Waals surface area (Å²) < 4.78 is 0. The molecule has 1 saturated heterocycles. The van der Waals surface area contributed by atoms with E-state index in [1.54, 1.807) is 7.05 Å². The third-order valence-corrected chi connectivity index (χ3v) is 4.97. The van der Waals surface area contributed by atoms with Gasteiger partial charge in [0.1, 0.15) is 0 Å². The van der Waals surface area contributed by atoms with Crippen LogP contribution in [0.15, 0.2) is 4.99 Å². The van der Waals surface area contributed by atoms with E-state index in [4.69, 9.17) is 0 Å². The lowest BCUT2D eigenvalue weighted by Gasteiger charge is -2.34. The molecule has 0 aromatic carbocycles. The van der Waals surface area contributed by atoms with Gasteiger partial charge in [-0.25, -0.2) is 0 Å². The second kappa shape index (κ2) is 13.7. The smallest absolute Gasteiger partial charge is 0.220 e. The third-order valence-electron chi connectivity index (χ3n) is 4.97. The predicted octanol–water partition coefficient (Wildman–Crippen LogP) is 3.24. The van der Waals surface area contributed by atoms with E-state index in [-0.39, 0.29) is 29.9 Å². The maximum absolute atomic E-state index is 11.5. The van der Waals surface area contributed by atoms with Crippen LogP contribution in [0.2, 0.25) is 0 Å². The molecule has 0 aromatic rings. The zero-order valence-electron chi connectivity index (χ0n) is 15.9. The van der Waals surface area contributed by atoms with E-state index in [2.05, 4.69) is 34.4 Å². The normalized spacial score (nSPS) is 17.2. The molecule has 0 spiro atoms. The van der Waals surface area contributed by atoms with E-state index in [0.29, 0.717) is 12.3 Å². The zero-order chi connectivity index (χ0) is 17.1. The Morgan fingerprint density at radius 3 is 2.46 bits per heavy atom. The fourth-order valence-corrected chi connectivity index (χ4v) is 3.22. The van der Waals surface area contributed by atoms with Crippen LogP contribution in [0.25, 0.3) is 0 Å². The summed E-state index contributed by atoms with van der Waals surface area (Å²) in [7, 11) is 3.58. The molecule has 1 amide bonds. The molecule has 1 unspecified atom stereocenters. The van der Waals surface area contributed by atoms with Gasteiger partial charge in [0, 0.05) is 40.2 Å². The Labute approximate surface area is 165 Å². The van der Waals surface area contributed by atoms with Gasteiger partial charge in [-0.15, -0.1) is 24.0 Å². The minimum atomic E-state index is 0. The van der Waals surface area contributed by atoms with Crippen LogP contribution in [-0.2, 0) is 4.79 Å². The van der Waals surface area contributed by atoms with E-state index in [0.717, 1.165) is 44.4 Å².